The van der Waals surface area contributed by atoms with E-state index in [9.17, 15) is 0 Å². The zero-order chi connectivity index (χ0) is 39.1. The lowest BCUT2D eigenvalue weighted by Crippen LogP contribution is -2.73. The lowest BCUT2D eigenvalue weighted by atomic mass is 9.27. The summed E-state index contributed by atoms with van der Waals surface area (Å²) in [6.07, 6.45) is 8.19. The molecule has 7 aliphatic carbocycles. The first kappa shape index (κ1) is 34.0. The summed E-state index contributed by atoms with van der Waals surface area (Å²) >= 11 is 0. The van der Waals surface area contributed by atoms with Gasteiger partial charge in [-0.05, 0) is 170 Å². The summed E-state index contributed by atoms with van der Waals surface area (Å²) in [5.41, 5.74) is 22.3. The van der Waals surface area contributed by atoms with Gasteiger partial charge in [-0.1, -0.05) is 139 Å². The molecule has 2 bridgehead atoms. The molecule has 1 nitrogen and oxygen atoms in total. The first-order valence-corrected chi connectivity index (χ1v) is 22.5. The van der Waals surface area contributed by atoms with Crippen molar-refractivity contribution in [2.24, 2.45) is 29.1 Å². The van der Waals surface area contributed by atoms with E-state index in [-0.39, 0.29) is 21.7 Å². The molecule has 6 aromatic rings. The maximum Gasteiger partial charge on any atom is 0.0543 e. The largest absolute Gasteiger partial charge is 0.310 e. The van der Waals surface area contributed by atoms with Crippen molar-refractivity contribution in [3.8, 4) is 33.4 Å². The summed E-state index contributed by atoms with van der Waals surface area (Å²) in [4.78, 5) is 2.75. The molecule has 4 fully saturated rings. The first-order chi connectivity index (χ1) is 28.0. The molecule has 288 valence electrons. The number of fused-ring (bicyclic) bond motifs is 12. The van der Waals surface area contributed by atoms with Gasteiger partial charge in [-0.3, -0.25) is 0 Å². The van der Waals surface area contributed by atoms with Crippen LogP contribution in [0.1, 0.15) is 113 Å². The van der Waals surface area contributed by atoms with Crippen LogP contribution in [0.4, 0.5) is 17.1 Å². The lowest BCUT2D eigenvalue weighted by molar-refractivity contribution is -0.231. The molecule has 6 unspecified atom stereocenters. The minimum Gasteiger partial charge on any atom is -0.310 e. The van der Waals surface area contributed by atoms with Crippen molar-refractivity contribution in [2.45, 2.75) is 102 Å². The molecule has 58 heavy (non-hydrogen) atoms. The van der Waals surface area contributed by atoms with Gasteiger partial charge < -0.3 is 4.90 Å². The maximum absolute atomic E-state index is 2.75. The van der Waals surface area contributed by atoms with Crippen LogP contribution in [0.25, 0.3) is 33.4 Å². The lowest BCUT2D eigenvalue weighted by Gasteiger charge is -2.76. The van der Waals surface area contributed by atoms with Gasteiger partial charge >= 0.3 is 0 Å². The highest BCUT2D eigenvalue weighted by Gasteiger charge is 2.84. The third kappa shape index (κ3) is 3.87. The summed E-state index contributed by atoms with van der Waals surface area (Å²) in [7, 11) is 0. The Hall–Kier alpha value is -4.88. The predicted molar refractivity (Wildman–Crippen MR) is 240 cm³/mol. The van der Waals surface area contributed by atoms with Crippen LogP contribution in [0, 0.1) is 29.1 Å². The van der Waals surface area contributed by atoms with E-state index in [1.807, 2.05) is 0 Å². The average Bonchev–Trinajstić information content (AvgIpc) is 3.92. The van der Waals surface area contributed by atoms with Crippen molar-refractivity contribution in [1.29, 1.82) is 0 Å². The van der Waals surface area contributed by atoms with Crippen LogP contribution in [0.3, 0.4) is 0 Å². The number of rotatable bonds is 4. The van der Waals surface area contributed by atoms with Crippen LogP contribution in [0.2, 0.25) is 0 Å². The van der Waals surface area contributed by atoms with Crippen LogP contribution >= 0.6 is 0 Å². The molecule has 2 spiro atoms. The molecule has 4 saturated carbocycles. The van der Waals surface area contributed by atoms with E-state index < -0.39 is 0 Å². The van der Waals surface area contributed by atoms with Gasteiger partial charge in [-0.2, -0.15) is 0 Å². The monoisotopic (exact) mass is 753 g/mol. The fourth-order valence-electron chi connectivity index (χ4n) is 15.5. The van der Waals surface area contributed by atoms with Crippen LogP contribution < -0.4 is 4.90 Å². The van der Waals surface area contributed by atoms with Crippen LogP contribution in [0.15, 0.2) is 127 Å². The van der Waals surface area contributed by atoms with Crippen molar-refractivity contribution >= 4 is 17.1 Å². The van der Waals surface area contributed by atoms with E-state index in [2.05, 4.69) is 174 Å². The highest BCUT2D eigenvalue weighted by molar-refractivity contribution is 5.98. The minimum atomic E-state index is -0.0896. The molecule has 0 aromatic heterocycles. The van der Waals surface area contributed by atoms with E-state index in [1.165, 1.54) is 111 Å². The number of nitrogens with zero attached hydrogens (tertiary/aromatic N) is 1. The van der Waals surface area contributed by atoms with E-state index in [0.717, 1.165) is 23.7 Å². The Balaban J connectivity index is 1.10. The van der Waals surface area contributed by atoms with E-state index in [4.69, 9.17) is 0 Å². The number of benzene rings is 6. The molecule has 0 heterocycles. The molecule has 13 rings (SSSR count). The Kier molecular flexibility index (Phi) is 6.36. The Morgan fingerprint density at radius 3 is 2.03 bits per heavy atom. The minimum absolute atomic E-state index is 0.0356. The highest BCUT2D eigenvalue weighted by Crippen LogP contribution is 2.90. The predicted octanol–water partition coefficient (Wildman–Crippen LogP) is 14.8. The molecule has 0 aliphatic heterocycles. The van der Waals surface area contributed by atoms with Crippen LogP contribution in [-0.4, -0.2) is 0 Å². The van der Waals surface area contributed by atoms with Crippen LogP contribution in [0.5, 0.6) is 0 Å². The van der Waals surface area contributed by atoms with Crippen molar-refractivity contribution in [1.82, 2.24) is 0 Å². The van der Waals surface area contributed by atoms with Crippen molar-refractivity contribution < 1.29 is 0 Å². The fourth-order valence-corrected chi connectivity index (χ4v) is 15.5. The van der Waals surface area contributed by atoms with Crippen molar-refractivity contribution in [2.75, 3.05) is 4.90 Å². The van der Waals surface area contributed by atoms with Gasteiger partial charge in [0.25, 0.3) is 0 Å². The summed E-state index contributed by atoms with van der Waals surface area (Å²) < 4.78 is 0. The van der Waals surface area contributed by atoms with Gasteiger partial charge in [0.15, 0.2) is 0 Å². The Bertz CT molecular complexity index is 2760. The normalized spacial score (nSPS) is 29.7. The molecule has 0 radical (unpaired) electrons. The molecule has 0 amide bonds. The molecule has 0 saturated heterocycles. The summed E-state index contributed by atoms with van der Waals surface area (Å²) in [6, 6.07) is 50.2. The number of hydrogen-bond donors (Lipinski definition) is 0. The van der Waals surface area contributed by atoms with Gasteiger partial charge in [0.1, 0.15) is 0 Å². The van der Waals surface area contributed by atoms with Gasteiger partial charge in [0.05, 0.1) is 11.4 Å². The van der Waals surface area contributed by atoms with E-state index >= 15 is 0 Å². The molecular weight excluding hydrogens is 699 g/mol. The van der Waals surface area contributed by atoms with Gasteiger partial charge in [0.2, 0.25) is 0 Å². The third-order valence-electron chi connectivity index (χ3n) is 18.0. The molecule has 1 heteroatoms. The smallest absolute Gasteiger partial charge is 0.0543 e. The molecule has 0 N–H and O–H groups in total. The second kappa shape index (κ2) is 10.8. The molecule has 6 aromatic carbocycles. The molecule has 6 atom stereocenters. The van der Waals surface area contributed by atoms with Crippen molar-refractivity contribution in [3.05, 3.63) is 161 Å². The zero-order valence-corrected chi connectivity index (χ0v) is 35.1. The Morgan fingerprint density at radius 1 is 0.500 bits per heavy atom. The Labute approximate surface area is 345 Å². The second-order valence-electron chi connectivity index (χ2n) is 21.6. The van der Waals surface area contributed by atoms with Gasteiger partial charge in [-0.25, -0.2) is 0 Å². The molecular formula is C57H55N. The van der Waals surface area contributed by atoms with E-state index in [0.29, 0.717) is 5.41 Å². The zero-order valence-electron chi connectivity index (χ0n) is 35.1. The van der Waals surface area contributed by atoms with E-state index in [1.54, 1.807) is 11.1 Å². The summed E-state index contributed by atoms with van der Waals surface area (Å²) in [5, 5.41) is 0. The number of anilines is 3. The second-order valence-corrected chi connectivity index (χ2v) is 21.6. The van der Waals surface area contributed by atoms with Gasteiger partial charge in [-0.15, -0.1) is 0 Å². The average molecular weight is 754 g/mol. The number of hydrogen-bond acceptors (Lipinski definition) is 1. The molecule has 7 aliphatic rings. The fraction of sp³-hybridized carbons (Fsp3) is 0.368. The Morgan fingerprint density at radius 2 is 1.21 bits per heavy atom. The van der Waals surface area contributed by atoms with Crippen molar-refractivity contribution in [3.63, 3.8) is 0 Å². The standard InChI is InChI=1S/C57H55N/c1-53(2)26-27-54(3,4)52-45(53)19-13-21-48(52)58(38-23-24-40-39-16-10-11-17-42(39)55(5,6)46(40)32-38)47-20-12-18-44-51(47)41-30-36(35-14-8-7-9-15-35)22-25-43(41)57(44)49-29-34-28-37-31-50(57)56(37,49)33-34/h7-25,30,32,34,37,49-50H,26-29,31,33H2,1-6H3. The quantitative estimate of drug-likeness (QED) is 0.173. The first-order valence-electron chi connectivity index (χ1n) is 22.5. The summed E-state index contributed by atoms with van der Waals surface area (Å²) in [5.74, 6) is 3.41. The maximum atomic E-state index is 2.75. The van der Waals surface area contributed by atoms with Gasteiger partial charge in [0, 0.05) is 22.1 Å². The topological polar surface area (TPSA) is 3.24 Å². The van der Waals surface area contributed by atoms with Crippen LogP contribution in [-0.2, 0) is 21.7 Å². The summed E-state index contributed by atoms with van der Waals surface area (Å²) in [6.45, 7) is 14.8. The highest BCUT2D eigenvalue weighted by atomic mass is 15.2. The third-order valence-corrected chi connectivity index (χ3v) is 18.0. The SMILES string of the molecule is CC1(C)CCC(C)(C)c2c(N(c3ccc4c(c3)C(C)(C)c3ccccc3-4)c3cccc4c3-c3cc(-c5ccccc5)ccc3C43C4CC5CC6CC3C64C5)cccc21.